The largest absolute Gasteiger partial charge is 0.466 e. The highest BCUT2D eigenvalue weighted by molar-refractivity contribution is 5.84. The summed E-state index contributed by atoms with van der Waals surface area (Å²) in [7, 11) is 0. The first-order valence-electron chi connectivity index (χ1n) is 10.9. The third-order valence-electron chi connectivity index (χ3n) is 5.69. The lowest BCUT2D eigenvalue weighted by Gasteiger charge is -2.36. The molecule has 0 aliphatic heterocycles. The number of hydrogen-bond acceptors (Lipinski definition) is 4. The monoisotopic (exact) mass is 368 g/mol. The average molecular weight is 369 g/mol. The third-order valence-corrected chi connectivity index (χ3v) is 5.69. The maximum absolute atomic E-state index is 13.1. The lowest BCUT2D eigenvalue weighted by Crippen LogP contribution is -2.41. The van der Waals surface area contributed by atoms with Crippen LogP contribution in [0.2, 0.25) is 0 Å². The Morgan fingerprint density at radius 2 is 1.42 bits per heavy atom. The molecular formula is C22H40O4. The van der Waals surface area contributed by atoms with Crippen molar-refractivity contribution in [3.63, 3.8) is 0 Å². The number of ether oxygens (including phenoxy) is 2. The van der Waals surface area contributed by atoms with Crippen molar-refractivity contribution in [3.05, 3.63) is 0 Å². The Balaban J connectivity index is 2.77. The van der Waals surface area contributed by atoms with Gasteiger partial charge in [0.1, 0.15) is 0 Å². The number of esters is 2. The van der Waals surface area contributed by atoms with Crippen LogP contribution in [0.5, 0.6) is 0 Å². The van der Waals surface area contributed by atoms with E-state index in [1.165, 1.54) is 0 Å². The van der Waals surface area contributed by atoms with Gasteiger partial charge in [0.2, 0.25) is 0 Å². The van der Waals surface area contributed by atoms with Crippen molar-refractivity contribution in [3.8, 4) is 0 Å². The molecule has 0 saturated heterocycles. The Morgan fingerprint density at radius 1 is 0.846 bits per heavy atom. The molecule has 0 aromatic heterocycles. The smallest absolute Gasteiger partial charge is 0.312 e. The van der Waals surface area contributed by atoms with E-state index in [-0.39, 0.29) is 24.3 Å². The Labute approximate surface area is 160 Å². The van der Waals surface area contributed by atoms with Crippen molar-refractivity contribution in [2.75, 3.05) is 13.2 Å². The van der Waals surface area contributed by atoms with Crippen LogP contribution in [0.1, 0.15) is 104 Å². The zero-order valence-corrected chi connectivity index (χ0v) is 17.3. The lowest BCUT2D eigenvalue weighted by molar-refractivity contribution is -0.168. The number of unbranched alkanes of at least 4 members (excludes halogenated alkanes) is 4. The molecule has 1 aliphatic rings. The van der Waals surface area contributed by atoms with E-state index in [1.807, 2.05) is 0 Å². The van der Waals surface area contributed by atoms with Crippen LogP contribution in [-0.4, -0.2) is 25.2 Å². The molecule has 1 unspecified atom stereocenters. The molecule has 4 nitrogen and oxygen atoms in total. The van der Waals surface area contributed by atoms with Crippen molar-refractivity contribution in [1.29, 1.82) is 0 Å². The molecule has 4 heteroatoms. The van der Waals surface area contributed by atoms with E-state index in [0.29, 0.717) is 19.6 Å². The fraction of sp³-hybridized carbons (Fsp3) is 0.909. The molecule has 26 heavy (non-hydrogen) atoms. The lowest BCUT2D eigenvalue weighted by atomic mass is 9.69. The molecule has 0 bridgehead atoms. The van der Waals surface area contributed by atoms with Gasteiger partial charge >= 0.3 is 11.9 Å². The van der Waals surface area contributed by atoms with Crippen molar-refractivity contribution >= 4 is 11.9 Å². The molecule has 152 valence electrons. The molecular weight excluding hydrogens is 328 g/mol. The van der Waals surface area contributed by atoms with E-state index in [0.717, 1.165) is 70.6 Å². The van der Waals surface area contributed by atoms with E-state index in [4.69, 9.17) is 9.47 Å². The molecule has 0 spiro atoms. The minimum atomic E-state index is -0.681. The fourth-order valence-corrected chi connectivity index (χ4v) is 4.21. The van der Waals surface area contributed by atoms with Crippen LogP contribution in [0.25, 0.3) is 0 Å². The molecule has 1 aliphatic carbocycles. The van der Waals surface area contributed by atoms with Gasteiger partial charge in [-0.15, -0.1) is 0 Å². The molecule has 1 rings (SSSR count). The molecule has 1 saturated carbocycles. The SMILES string of the molecule is CCCCCOC(=O)CC(CCC)(C(=O)OCCCCC)C1CCCC1. The first kappa shape index (κ1) is 23.0. The second-order valence-electron chi connectivity index (χ2n) is 7.83. The average Bonchev–Trinajstić information content (AvgIpc) is 3.17. The Hall–Kier alpha value is -1.06. The van der Waals surface area contributed by atoms with E-state index >= 15 is 0 Å². The van der Waals surface area contributed by atoms with Gasteiger partial charge in [-0.2, -0.15) is 0 Å². The first-order chi connectivity index (χ1) is 12.6. The van der Waals surface area contributed by atoms with Gasteiger partial charge in [-0.3, -0.25) is 9.59 Å². The summed E-state index contributed by atoms with van der Waals surface area (Å²) in [6.45, 7) is 7.28. The molecule has 0 aromatic carbocycles. The van der Waals surface area contributed by atoms with Gasteiger partial charge < -0.3 is 9.47 Å². The van der Waals surface area contributed by atoms with Gasteiger partial charge in [-0.1, -0.05) is 65.7 Å². The molecule has 0 heterocycles. The van der Waals surface area contributed by atoms with Gasteiger partial charge in [0.15, 0.2) is 0 Å². The second kappa shape index (κ2) is 13.2. The van der Waals surface area contributed by atoms with Crippen LogP contribution in [0.3, 0.4) is 0 Å². The summed E-state index contributed by atoms with van der Waals surface area (Å²) >= 11 is 0. The topological polar surface area (TPSA) is 52.6 Å². The summed E-state index contributed by atoms with van der Waals surface area (Å²) in [5.41, 5.74) is -0.681. The van der Waals surface area contributed by atoms with Gasteiger partial charge in [-0.05, 0) is 38.0 Å². The highest BCUT2D eigenvalue weighted by atomic mass is 16.5. The standard InChI is InChI=1S/C22H40O4/c1-4-7-11-16-25-20(23)18-22(15-6-3,19-13-9-10-14-19)21(24)26-17-12-8-5-2/h19H,4-18H2,1-3H3. The van der Waals surface area contributed by atoms with E-state index in [1.54, 1.807) is 0 Å². The van der Waals surface area contributed by atoms with Crippen molar-refractivity contribution in [1.82, 2.24) is 0 Å². The highest BCUT2D eigenvalue weighted by Crippen LogP contribution is 2.47. The first-order valence-corrected chi connectivity index (χ1v) is 10.9. The van der Waals surface area contributed by atoms with E-state index in [2.05, 4.69) is 20.8 Å². The highest BCUT2D eigenvalue weighted by Gasteiger charge is 2.48. The summed E-state index contributed by atoms with van der Waals surface area (Å²) in [6.07, 6.45) is 12.2. The van der Waals surface area contributed by atoms with Crippen LogP contribution < -0.4 is 0 Å². The van der Waals surface area contributed by atoms with Crippen LogP contribution in [0.15, 0.2) is 0 Å². The van der Waals surface area contributed by atoms with Crippen molar-refractivity contribution in [2.45, 2.75) is 104 Å². The fourth-order valence-electron chi connectivity index (χ4n) is 4.21. The van der Waals surface area contributed by atoms with Crippen molar-refractivity contribution < 1.29 is 19.1 Å². The number of carbonyl (C=O) groups excluding carboxylic acids is 2. The van der Waals surface area contributed by atoms with Gasteiger partial charge in [-0.25, -0.2) is 0 Å². The van der Waals surface area contributed by atoms with E-state index in [9.17, 15) is 9.59 Å². The predicted octanol–water partition coefficient (Wildman–Crippen LogP) is 5.82. The molecule has 0 aromatic rings. The third kappa shape index (κ3) is 7.28. The van der Waals surface area contributed by atoms with E-state index < -0.39 is 5.41 Å². The number of hydrogen-bond donors (Lipinski definition) is 0. The predicted molar refractivity (Wildman–Crippen MR) is 105 cm³/mol. The van der Waals surface area contributed by atoms with Gasteiger partial charge in [0.25, 0.3) is 0 Å². The van der Waals surface area contributed by atoms with Crippen LogP contribution >= 0.6 is 0 Å². The summed E-state index contributed by atoms with van der Waals surface area (Å²) in [6, 6.07) is 0. The summed E-state index contributed by atoms with van der Waals surface area (Å²) in [5.74, 6) is -0.135. The second-order valence-corrected chi connectivity index (χ2v) is 7.83. The van der Waals surface area contributed by atoms with Crippen LogP contribution in [-0.2, 0) is 19.1 Å². The van der Waals surface area contributed by atoms with Crippen LogP contribution in [0.4, 0.5) is 0 Å². The maximum Gasteiger partial charge on any atom is 0.312 e. The minimum Gasteiger partial charge on any atom is -0.466 e. The molecule has 0 radical (unpaired) electrons. The quantitative estimate of drug-likeness (QED) is 0.286. The Bertz CT molecular complexity index is 401. The summed E-state index contributed by atoms with van der Waals surface area (Å²) < 4.78 is 11.1. The number of rotatable bonds is 14. The zero-order chi connectivity index (χ0) is 19.3. The normalized spacial score (nSPS) is 17.0. The number of carbonyl (C=O) groups is 2. The van der Waals surface area contributed by atoms with Crippen molar-refractivity contribution in [2.24, 2.45) is 11.3 Å². The molecule has 1 fully saturated rings. The Kier molecular flexibility index (Phi) is 11.6. The zero-order valence-electron chi connectivity index (χ0n) is 17.3. The van der Waals surface area contributed by atoms with Gasteiger partial charge in [0.05, 0.1) is 25.0 Å². The van der Waals surface area contributed by atoms with Gasteiger partial charge in [0, 0.05) is 0 Å². The summed E-state index contributed by atoms with van der Waals surface area (Å²) in [5, 5.41) is 0. The Morgan fingerprint density at radius 3 is 1.96 bits per heavy atom. The van der Waals surface area contributed by atoms with Crippen LogP contribution in [0, 0.1) is 11.3 Å². The summed E-state index contributed by atoms with van der Waals surface area (Å²) in [4.78, 5) is 25.6. The minimum absolute atomic E-state index is 0.159. The molecule has 1 atom stereocenters. The molecule has 0 N–H and O–H groups in total. The maximum atomic E-state index is 13.1. The molecule has 0 amide bonds.